The van der Waals surface area contributed by atoms with E-state index in [9.17, 15) is 4.79 Å². The summed E-state index contributed by atoms with van der Waals surface area (Å²) in [5.41, 5.74) is 5.09. The molecule has 3 aromatic carbocycles. The molecule has 1 aliphatic rings. The highest BCUT2D eigenvalue weighted by atomic mass is 16.1. The Balaban J connectivity index is 1.36. The lowest BCUT2D eigenvalue weighted by molar-refractivity contribution is 0.102. The number of hydrogen-bond acceptors (Lipinski definition) is 2. The number of rotatable bonds is 5. The van der Waals surface area contributed by atoms with E-state index in [1.54, 1.807) is 0 Å². The summed E-state index contributed by atoms with van der Waals surface area (Å²) in [5, 5.41) is 6.47. The first kappa shape index (κ1) is 18.5. The zero-order valence-electron chi connectivity index (χ0n) is 16.0. The highest BCUT2D eigenvalue weighted by molar-refractivity contribution is 6.04. The van der Waals surface area contributed by atoms with Crippen molar-refractivity contribution >= 4 is 11.6 Å². The minimum Gasteiger partial charge on any atom is -0.322 e. The molecule has 1 amide bonds. The van der Waals surface area contributed by atoms with E-state index in [0.29, 0.717) is 5.56 Å². The summed E-state index contributed by atoms with van der Waals surface area (Å²) >= 11 is 0. The molecular formula is C25H26N2O. The molecule has 1 heterocycles. The molecule has 1 atom stereocenters. The summed E-state index contributed by atoms with van der Waals surface area (Å²) in [7, 11) is 0. The maximum atomic E-state index is 12.5. The molecule has 0 saturated carbocycles. The predicted molar refractivity (Wildman–Crippen MR) is 116 cm³/mol. The van der Waals surface area contributed by atoms with E-state index < -0.39 is 0 Å². The predicted octanol–water partition coefficient (Wildman–Crippen LogP) is 5.15. The summed E-state index contributed by atoms with van der Waals surface area (Å²) in [4.78, 5) is 12.5. The maximum Gasteiger partial charge on any atom is 0.255 e. The Kier molecular flexibility index (Phi) is 5.83. The lowest BCUT2D eigenvalue weighted by atomic mass is 9.92. The minimum atomic E-state index is -0.0798. The molecule has 0 spiro atoms. The van der Waals surface area contributed by atoms with Crippen LogP contribution in [-0.2, 0) is 6.42 Å². The quantitative estimate of drug-likeness (QED) is 0.652. The Bertz CT molecular complexity index is 896. The molecule has 3 heteroatoms. The zero-order valence-corrected chi connectivity index (χ0v) is 16.0. The van der Waals surface area contributed by atoms with Gasteiger partial charge in [-0.05, 0) is 79.2 Å². The average molecular weight is 370 g/mol. The van der Waals surface area contributed by atoms with E-state index in [1.165, 1.54) is 18.4 Å². The molecule has 1 aliphatic heterocycles. The molecular weight excluding hydrogens is 344 g/mol. The van der Waals surface area contributed by atoms with Gasteiger partial charge in [0, 0.05) is 11.3 Å². The van der Waals surface area contributed by atoms with Crippen LogP contribution in [0.2, 0.25) is 0 Å². The molecule has 0 bridgehead atoms. The number of nitrogens with one attached hydrogen (secondary N) is 2. The van der Waals surface area contributed by atoms with Gasteiger partial charge in [0.25, 0.3) is 5.91 Å². The summed E-state index contributed by atoms with van der Waals surface area (Å²) in [5.74, 6) is 0.640. The molecule has 3 nitrogen and oxygen atoms in total. The van der Waals surface area contributed by atoms with Gasteiger partial charge in [0.1, 0.15) is 0 Å². The number of carbonyl (C=O) groups excluding carboxylic acids is 1. The molecule has 142 valence electrons. The van der Waals surface area contributed by atoms with Gasteiger partial charge < -0.3 is 10.6 Å². The van der Waals surface area contributed by atoms with Crippen LogP contribution in [0, 0.1) is 5.92 Å². The van der Waals surface area contributed by atoms with Gasteiger partial charge in [-0.2, -0.15) is 0 Å². The minimum absolute atomic E-state index is 0.0798. The monoisotopic (exact) mass is 370 g/mol. The fourth-order valence-electron chi connectivity index (χ4n) is 3.80. The summed E-state index contributed by atoms with van der Waals surface area (Å²) in [6.45, 7) is 2.26. The number of benzene rings is 3. The lowest BCUT2D eigenvalue weighted by Crippen LogP contribution is -2.30. The standard InChI is InChI=1S/C25H26N2O/c28-25(23-12-10-22(11-13-23)21-6-2-1-3-7-21)27-24-14-8-19(9-15-24)17-20-5-4-16-26-18-20/h1-3,6-15,20,26H,4-5,16-18H2,(H,27,28). The second kappa shape index (κ2) is 8.85. The first-order valence-electron chi connectivity index (χ1n) is 10.0. The second-order valence-corrected chi connectivity index (χ2v) is 7.51. The molecule has 0 radical (unpaired) electrons. The van der Waals surface area contributed by atoms with Gasteiger partial charge in [0.15, 0.2) is 0 Å². The lowest BCUT2D eigenvalue weighted by Gasteiger charge is -2.22. The van der Waals surface area contributed by atoms with Gasteiger partial charge in [0.05, 0.1) is 0 Å². The largest absolute Gasteiger partial charge is 0.322 e. The highest BCUT2D eigenvalue weighted by Gasteiger charge is 2.13. The van der Waals surface area contributed by atoms with Crippen LogP contribution in [0.3, 0.4) is 0 Å². The second-order valence-electron chi connectivity index (χ2n) is 7.51. The molecule has 1 unspecified atom stereocenters. The van der Waals surface area contributed by atoms with Crippen molar-refractivity contribution in [3.05, 3.63) is 90.0 Å². The van der Waals surface area contributed by atoms with Crippen molar-refractivity contribution in [2.45, 2.75) is 19.3 Å². The van der Waals surface area contributed by atoms with Crippen molar-refractivity contribution < 1.29 is 4.79 Å². The Morgan fingerprint density at radius 2 is 1.61 bits per heavy atom. The fourth-order valence-corrected chi connectivity index (χ4v) is 3.80. The SMILES string of the molecule is O=C(Nc1ccc(CC2CCCNC2)cc1)c1ccc(-c2ccccc2)cc1. The van der Waals surface area contributed by atoms with E-state index in [2.05, 4.69) is 34.9 Å². The fraction of sp³-hybridized carbons (Fsp3) is 0.240. The van der Waals surface area contributed by atoms with E-state index in [1.807, 2.05) is 54.6 Å². The number of anilines is 1. The highest BCUT2D eigenvalue weighted by Crippen LogP contribution is 2.21. The molecule has 28 heavy (non-hydrogen) atoms. The van der Waals surface area contributed by atoms with Crippen molar-refractivity contribution in [3.63, 3.8) is 0 Å². The molecule has 1 fully saturated rings. The molecule has 3 aromatic rings. The summed E-state index contributed by atoms with van der Waals surface area (Å²) < 4.78 is 0. The van der Waals surface area contributed by atoms with E-state index >= 15 is 0 Å². The Morgan fingerprint density at radius 1 is 0.893 bits per heavy atom. The number of hydrogen-bond donors (Lipinski definition) is 2. The van der Waals surface area contributed by atoms with Crippen molar-refractivity contribution in [2.24, 2.45) is 5.92 Å². The Morgan fingerprint density at radius 3 is 2.29 bits per heavy atom. The first-order valence-corrected chi connectivity index (χ1v) is 10.0. The zero-order chi connectivity index (χ0) is 19.2. The van der Waals surface area contributed by atoms with Gasteiger partial charge in [-0.3, -0.25) is 4.79 Å². The summed E-state index contributed by atoms with van der Waals surface area (Å²) in [6.07, 6.45) is 3.66. The molecule has 4 rings (SSSR count). The van der Waals surface area contributed by atoms with Crippen LogP contribution in [0.4, 0.5) is 5.69 Å². The number of amides is 1. The van der Waals surface area contributed by atoms with Crippen LogP contribution < -0.4 is 10.6 Å². The van der Waals surface area contributed by atoms with Gasteiger partial charge in [-0.25, -0.2) is 0 Å². The van der Waals surface area contributed by atoms with E-state index in [4.69, 9.17) is 0 Å². The third-order valence-corrected chi connectivity index (χ3v) is 5.39. The number of carbonyl (C=O) groups is 1. The topological polar surface area (TPSA) is 41.1 Å². The molecule has 2 N–H and O–H groups in total. The normalized spacial score (nSPS) is 16.5. The molecule has 1 saturated heterocycles. The third-order valence-electron chi connectivity index (χ3n) is 5.39. The summed E-state index contributed by atoms with van der Waals surface area (Å²) in [6, 6.07) is 26.2. The van der Waals surface area contributed by atoms with Crippen LogP contribution in [-0.4, -0.2) is 19.0 Å². The Labute approximate surface area is 166 Å². The molecule has 0 aliphatic carbocycles. The van der Waals surface area contributed by atoms with Crippen molar-refractivity contribution in [1.29, 1.82) is 0 Å². The van der Waals surface area contributed by atoms with Crippen molar-refractivity contribution in [3.8, 4) is 11.1 Å². The molecule has 0 aromatic heterocycles. The van der Waals surface area contributed by atoms with Gasteiger partial charge >= 0.3 is 0 Å². The van der Waals surface area contributed by atoms with Crippen LogP contribution in [0.1, 0.15) is 28.8 Å². The van der Waals surface area contributed by atoms with Crippen LogP contribution in [0.5, 0.6) is 0 Å². The van der Waals surface area contributed by atoms with E-state index in [-0.39, 0.29) is 5.91 Å². The average Bonchev–Trinajstić information content (AvgIpc) is 2.76. The maximum absolute atomic E-state index is 12.5. The van der Waals surface area contributed by atoms with E-state index in [0.717, 1.165) is 42.2 Å². The van der Waals surface area contributed by atoms with Crippen molar-refractivity contribution in [2.75, 3.05) is 18.4 Å². The van der Waals surface area contributed by atoms with Gasteiger partial charge in [-0.1, -0.05) is 54.6 Å². The van der Waals surface area contributed by atoms with Crippen LogP contribution in [0.15, 0.2) is 78.9 Å². The van der Waals surface area contributed by atoms with Crippen LogP contribution in [0.25, 0.3) is 11.1 Å². The first-order chi connectivity index (χ1) is 13.8. The van der Waals surface area contributed by atoms with Crippen molar-refractivity contribution in [1.82, 2.24) is 5.32 Å². The Hall–Kier alpha value is -2.91. The smallest absolute Gasteiger partial charge is 0.255 e. The van der Waals surface area contributed by atoms with Crippen LogP contribution >= 0.6 is 0 Å². The van der Waals surface area contributed by atoms with Gasteiger partial charge in [-0.15, -0.1) is 0 Å². The van der Waals surface area contributed by atoms with Gasteiger partial charge in [0.2, 0.25) is 0 Å². The third kappa shape index (κ3) is 4.68. The number of piperidine rings is 1.